The molecule has 1 heterocycles. The average Bonchev–Trinajstić information content (AvgIpc) is 2.39. The molecule has 1 aromatic carbocycles. The number of aromatic nitrogens is 1. The Bertz CT molecular complexity index is 549. The van der Waals surface area contributed by atoms with E-state index in [0.29, 0.717) is 0 Å². The molecule has 0 fully saturated rings. The van der Waals surface area contributed by atoms with E-state index in [2.05, 4.69) is 23.7 Å². The van der Waals surface area contributed by atoms with Gasteiger partial charge in [0.25, 0.3) is 0 Å². The molecule has 1 aromatic heterocycles. The molecule has 0 N–H and O–H groups in total. The minimum atomic E-state index is 0.195. The molecule has 0 aliphatic carbocycles. The minimum absolute atomic E-state index is 0.195. The molecule has 0 radical (unpaired) electrons. The van der Waals surface area contributed by atoms with Crippen molar-refractivity contribution in [3.8, 4) is 17.0 Å². The van der Waals surface area contributed by atoms with Crippen LogP contribution in [0.25, 0.3) is 11.3 Å². The summed E-state index contributed by atoms with van der Waals surface area (Å²) in [6, 6.07) is 12.2. The molecule has 0 saturated heterocycles. The Labute approximate surface area is 120 Å². The van der Waals surface area contributed by atoms with Crippen molar-refractivity contribution in [3.05, 3.63) is 47.7 Å². The Kier molecular flexibility index (Phi) is 4.48. The maximum absolute atomic E-state index is 5.63. The van der Waals surface area contributed by atoms with Crippen LogP contribution in [0.2, 0.25) is 0 Å². The summed E-state index contributed by atoms with van der Waals surface area (Å²) >= 11 is 4.29. The van der Waals surface area contributed by atoms with Crippen molar-refractivity contribution in [2.24, 2.45) is 0 Å². The summed E-state index contributed by atoms with van der Waals surface area (Å²) in [6.45, 7) is 6.06. The van der Waals surface area contributed by atoms with Crippen LogP contribution < -0.4 is 4.74 Å². The van der Waals surface area contributed by atoms with E-state index in [9.17, 15) is 0 Å². The SMILES string of the molecule is Cc1nc(-c2ccc(OC(C)C)cc2)ccc1CS. The van der Waals surface area contributed by atoms with Gasteiger partial charge in [0.05, 0.1) is 11.8 Å². The highest BCUT2D eigenvalue weighted by atomic mass is 32.1. The molecular formula is C16H19NOS. The minimum Gasteiger partial charge on any atom is -0.491 e. The van der Waals surface area contributed by atoms with Crippen molar-refractivity contribution in [1.29, 1.82) is 0 Å². The van der Waals surface area contributed by atoms with Gasteiger partial charge in [-0.3, -0.25) is 4.98 Å². The van der Waals surface area contributed by atoms with E-state index in [-0.39, 0.29) is 6.10 Å². The van der Waals surface area contributed by atoms with Gasteiger partial charge in [0.2, 0.25) is 0 Å². The third kappa shape index (κ3) is 3.51. The van der Waals surface area contributed by atoms with Crippen molar-refractivity contribution >= 4 is 12.6 Å². The van der Waals surface area contributed by atoms with Gasteiger partial charge in [0, 0.05) is 17.0 Å². The lowest BCUT2D eigenvalue weighted by atomic mass is 10.1. The molecule has 3 heteroatoms. The molecule has 0 saturated carbocycles. The van der Waals surface area contributed by atoms with E-state index in [0.717, 1.165) is 28.5 Å². The molecule has 0 aliphatic heterocycles. The van der Waals surface area contributed by atoms with Gasteiger partial charge in [0.15, 0.2) is 0 Å². The van der Waals surface area contributed by atoms with Gasteiger partial charge in [-0.1, -0.05) is 6.07 Å². The molecule has 2 nitrogen and oxygen atoms in total. The number of nitrogens with zero attached hydrogens (tertiary/aromatic N) is 1. The lowest BCUT2D eigenvalue weighted by Crippen LogP contribution is -2.05. The van der Waals surface area contributed by atoms with E-state index < -0.39 is 0 Å². The summed E-state index contributed by atoms with van der Waals surface area (Å²) in [6.07, 6.45) is 0.195. The second kappa shape index (κ2) is 6.11. The molecule has 0 bridgehead atoms. The molecule has 2 aromatic rings. The lowest BCUT2D eigenvalue weighted by Gasteiger charge is -2.10. The van der Waals surface area contributed by atoms with E-state index in [1.165, 1.54) is 5.56 Å². The quantitative estimate of drug-likeness (QED) is 0.840. The van der Waals surface area contributed by atoms with Gasteiger partial charge in [0.1, 0.15) is 5.75 Å². The fourth-order valence-electron chi connectivity index (χ4n) is 1.89. The zero-order valence-electron chi connectivity index (χ0n) is 11.6. The van der Waals surface area contributed by atoms with Crippen LogP contribution in [-0.4, -0.2) is 11.1 Å². The predicted octanol–water partition coefficient (Wildman–Crippen LogP) is 4.27. The highest BCUT2D eigenvalue weighted by Crippen LogP contribution is 2.23. The highest BCUT2D eigenvalue weighted by molar-refractivity contribution is 7.79. The van der Waals surface area contributed by atoms with E-state index in [4.69, 9.17) is 4.74 Å². The van der Waals surface area contributed by atoms with Crippen LogP contribution in [0.3, 0.4) is 0 Å². The number of pyridine rings is 1. The third-order valence-corrected chi connectivity index (χ3v) is 3.23. The van der Waals surface area contributed by atoms with Gasteiger partial charge in [-0.15, -0.1) is 0 Å². The molecule has 2 rings (SSSR count). The molecular weight excluding hydrogens is 254 g/mol. The number of hydrogen-bond acceptors (Lipinski definition) is 3. The summed E-state index contributed by atoms with van der Waals surface area (Å²) in [5.41, 5.74) is 4.30. The number of aryl methyl sites for hydroxylation is 1. The van der Waals surface area contributed by atoms with Gasteiger partial charge in [-0.2, -0.15) is 12.6 Å². The van der Waals surface area contributed by atoms with Crippen LogP contribution in [0.1, 0.15) is 25.1 Å². The van der Waals surface area contributed by atoms with E-state index >= 15 is 0 Å². The fourth-order valence-corrected chi connectivity index (χ4v) is 2.23. The highest BCUT2D eigenvalue weighted by Gasteiger charge is 2.04. The summed E-state index contributed by atoms with van der Waals surface area (Å²) in [4.78, 5) is 4.62. The monoisotopic (exact) mass is 273 g/mol. The molecule has 0 aliphatic rings. The van der Waals surface area contributed by atoms with Crippen LogP contribution in [0.4, 0.5) is 0 Å². The first-order valence-electron chi connectivity index (χ1n) is 6.44. The summed E-state index contributed by atoms with van der Waals surface area (Å²) in [5.74, 6) is 1.61. The summed E-state index contributed by atoms with van der Waals surface area (Å²) in [5, 5.41) is 0. The molecule has 100 valence electrons. The second-order valence-electron chi connectivity index (χ2n) is 4.79. The largest absolute Gasteiger partial charge is 0.491 e. The Hall–Kier alpha value is -1.48. The van der Waals surface area contributed by atoms with Gasteiger partial charge >= 0.3 is 0 Å². The zero-order valence-corrected chi connectivity index (χ0v) is 12.4. The first-order chi connectivity index (χ1) is 9.10. The van der Waals surface area contributed by atoms with Crippen LogP contribution in [0.15, 0.2) is 36.4 Å². The number of thiol groups is 1. The van der Waals surface area contributed by atoms with Gasteiger partial charge < -0.3 is 4.74 Å². The molecule has 19 heavy (non-hydrogen) atoms. The van der Waals surface area contributed by atoms with Crippen LogP contribution in [0.5, 0.6) is 5.75 Å². The molecule has 0 amide bonds. The average molecular weight is 273 g/mol. The standard InChI is InChI=1S/C16H19NOS/c1-11(2)18-15-7-4-13(5-8-15)16-9-6-14(10-19)12(3)17-16/h4-9,11,19H,10H2,1-3H3. The maximum atomic E-state index is 5.63. The van der Waals surface area contributed by atoms with Crippen LogP contribution in [0, 0.1) is 6.92 Å². The number of ether oxygens (including phenoxy) is 1. The van der Waals surface area contributed by atoms with Crippen molar-refractivity contribution in [2.45, 2.75) is 32.6 Å². The van der Waals surface area contributed by atoms with Crippen molar-refractivity contribution < 1.29 is 4.74 Å². The van der Waals surface area contributed by atoms with Gasteiger partial charge in [-0.05, 0) is 56.7 Å². The van der Waals surface area contributed by atoms with Crippen LogP contribution in [-0.2, 0) is 5.75 Å². The Morgan fingerprint density at radius 2 is 1.79 bits per heavy atom. The van der Waals surface area contributed by atoms with Crippen molar-refractivity contribution in [2.75, 3.05) is 0 Å². The van der Waals surface area contributed by atoms with Crippen LogP contribution >= 0.6 is 12.6 Å². The smallest absolute Gasteiger partial charge is 0.119 e. The molecule has 0 spiro atoms. The number of hydrogen-bond donors (Lipinski definition) is 1. The van der Waals surface area contributed by atoms with Crippen molar-refractivity contribution in [1.82, 2.24) is 4.98 Å². The Morgan fingerprint density at radius 1 is 1.11 bits per heavy atom. The third-order valence-electron chi connectivity index (χ3n) is 2.89. The zero-order chi connectivity index (χ0) is 13.8. The van der Waals surface area contributed by atoms with Crippen molar-refractivity contribution in [3.63, 3.8) is 0 Å². The summed E-state index contributed by atoms with van der Waals surface area (Å²) in [7, 11) is 0. The first-order valence-corrected chi connectivity index (χ1v) is 7.08. The Morgan fingerprint density at radius 3 is 2.32 bits per heavy atom. The van der Waals surface area contributed by atoms with Gasteiger partial charge in [-0.25, -0.2) is 0 Å². The molecule has 0 unspecified atom stereocenters. The lowest BCUT2D eigenvalue weighted by molar-refractivity contribution is 0.242. The van der Waals surface area contributed by atoms with E-state index in [1.807, 2.05) is 51.1 Å². The maximum Gasteiger partial charge on any atom is 0.119 e. The second-order valence-corrected chi connectivity index (χ2v) is 5.11. The first kappa shape index (κ1) is 13.9. The number of rotatable bonds is 4. The normalized spacial score (nSPS) is 10.8. The molecule has 0 atom stereocenters. The topological polar surface area (TPSA) is 22.1 Å². The predicted molar refractivity (Wildman–Crippen MR) is 82.9 cm³/mol. The fraction of sp³-hybridized carbons (Fsp3) is 0.312. The summed E-state index contributed by atoms with van der Waals surface area (Å²) < 4.78 is 5.63. The van der Waals surface area contributed by atoms with E-state index in [1.54, 1.807) is 0 Å². The number of benzene rings is 1. The Balaban J connectivity index is 2.24.